The summed E-state index contributed by atoms with van der Waals surface area (Å²) < 4.78 is 0. The Morgan fingerprint density at radius 1 is 1.64 bits per heavy atom. The van der Waals surface area contributed by atoms with E-state index in [9.17, 15) is 4.79 Å². The molecule has 1 aliphatic carbocycles. The first-order chi connectivity index (χ1) is 5.09. The summed E-state index contributed by atoms with van der Waals surface area (Å²) >= 11 is 0. The van der Waals surface area contributed by atoms with Gasteiger partial charge in [-0.3, -0.25) is 0 Å². The van der Waals surface area contributed by atoms with Crippen LogP contribution in [0.15, 0.2) is 17.3 Å². The fraction of sp³-hybridized carbons (Fsp3) is 0.143. The highest BCUT2D eigenvalue weighted by Gasteiger charge is 2.14. The number of carboxylic acid groups (broad SMARTS) is 1. The van der Waals surface area contributed by atoms with E-state index in [2.05, 4.69) is 6.08 Å². The zero-order valence-corrected chi connectivity index (χ0v) is 5.79. The molecule has 0 atom stereocenters. The van der Waals surface area contributed by atoms with Crippen molar-refractivity contribution in [3.05, 3.63) is 29.5 Å². The van der Waals surface area contributed by atoms with Crippen LogP contribution >= 0.6 is 0 Å². The van der Waals surface area contributed by atoms with Gasteiger partial charge in [0, 0.05) is 18.2 Å². The average molecular weight is 152 g/mol. The molecule has 11 heavy (non-hydrogen) atoms. The molecule has 2 radical (unpaired) electrons. The summed E-state index contributed by atoms with van der Waals surface area (Å²) in [6.45, 7) is 0. The van der Waals surface area contributed by atoms with E-state index in [0.29, 0.717) is 18.2 Å². The lowest BCUT2D eigenvalue weighted by molar-refractivity contribution is -0.132. The van der Waals surface area contributed by atoms with E-state index in [1.54, 1.807) is 0 Å². The van der Waals surface area contributed by atoms with E-state index in [4.69, 9.17) is 16.6 Å². The van der Waals surface area contributed by atoms with Crippen molar-refractivity contribution in [1.82, 2.24) is 0 Å². The standard InChI is InChI=1S/C7H8N2O2/c8-5-1-4(7(10)11)2-6(9)3-5/h1H,3,8-9H2,(H,10,11). The van der Waals surface area contributed by atoms with Gasteiger partial charge in [0.2, 0.25) is 0 Å². The Bertz CT molecular complexity index is 243. The van der Waals surface area contributed by atoms with E-state index in [0.717, 1.165) is 0 Å². The molecule has 0 amide bonds. The number of nitrogens with two attached hydrogens (primary N) is 2. The minimum Gasteiger partial charge on any atom is -0.478 e. The van der Waals surface area contributed by atoms with Crippen molar-refractivity contribution in [1.29, 1.82) is 0 Å². The topological polar surface area (TPSA) is 89.3 Å². The van der Waals surface area contributed by atoms with Gasteiger partial charge in [-0.2, -0.15) is 0 Å². The Morgan fingerprint density at radius 2 is 2.27 bits per heavy atom. The Hall–Kier alpha value is -1.29. The van der Waals surface area contributed by atoms with Gasteiger partial charge in [0.25, 0.3) is 0 Å². The van der Waals surface area contributed by atoms with E-state index in [-0.39, 0.29) is 5.57 Å². The van der Waals surface area contributed by atoms with Gasteiger partial charge in [0.05, 0.1) is 11.6 Å². The van der Waals surface area contributed by atoms with Gasteiger partial charge in [-0.25, -0.2) is 4.79 Å². The van der Waals surface area contributed by atoms with Gasteiger partial charge in [-0.15, -0.1) is 0 Å². The maximum Gasteiger partial charge on any atom is 0.336 e. The molecule has 0 aromatic carbocycles. The fourth-order valence-corrected chi connectivity index (χ4v) is 0.825. The van der Waals surface area contributed by atoms with Gasteiger partial charge in [0.1, 0.15) is 0 Å². The van der Waals surface area contributed by atoms with Gasteiger partial charge >= 0.3 is 5.97 Å². The molecular formula is C7H8N2O2. The predicted molar refractivity (Wildman–Crippen MR) is 38.7 cm³/mol. The predicted octanol–water partition coefficient (Wildman–Crippen LogP) is -0.462. The number of hydrogen-bond donors (Lipinski definition) is 3. The minimum atomic E-state index is -1.06. The number of aliphatic carboxylic acids is 1. The highest BCUT2D eigenvalue weighted by atomic mass is 16.4. The Kier molecular flexibility index (Phi) is 1.96. The molecule has 58 valence electrons. The number of carboxylic acids is 1. The quantitative estimate of drug-likeness (QED) is 0.474. The lowest BCUT2D eigenvalue weighted by Crippen LogP contribution is -2.18. The van der Waals surface area contributed by atoms with Crippen LogP contribution in [0.3, 0.4) is 0 Å². The van der Waals surface area contributed by atoms with Crippen LogP contribution in [0, 0.1) is 12.1 Å². The van der Waals surface area contributed by atoms with Crippen LogP contribution in [0.4, 0.5) is 0 Å². The van der Waals surface area contributed by atoms with E-state index in [1.165, 1.54) is 6.08 Å². The average Bonchev–Trinajstić information content (AvgIpc) is 1.85. The highest BCUT2D eigenvalue weighted by molar-refractivity contribution is 5.89. The molecule has 4 nitrogen and oxygen atoms in total. The van der Waals surface area contributed by atoms with E-state index < -0.39 is 5.97 Å². The van der Waals surface area contributed by atoms with Crippen molar-refractivity contribution in [2.75, 3.05) is 0 Å². The molecule has 5 N–H and O–H groups in total. The maximum absolute atomic E-state index is 10.4. The largest absolute Gasteiger partial charge is 0.478 e. The summed E-state index contributed by atoms with van der Waals surface area (Å²) in [5.74, 6) is -1.06. The van der Waals surface area contributed by atoms with E-state index in [1.807, 2.05) is 0 Å². The molecule has 0 bridgehead atoms. The van der Waals surface area contributed by atoms with Crippen LogP contribution in [0.25, 0.3) is 0 Å². The molecule has 0 heterocycles. The van der Waals surface area contributed by atoms with Gasteiger partial charge < -0.3 is 16.6 Å². The van der Waals surface area contributed by atoms with Gasteiger partial charge in [-0.05, 0) is 6.08 Å². The first kappa shape index (κ1) is 7.81. The third kappa shape index (κ3) is 1.81. The lowest BCUT2D eigenvalue weighted by Gasteiger charge is -2.11. The molecule has 1 aliphatic rings. The number of rotatable bonds is 1. The van der Waals surface area contributed by atoms with Crippen LogP contribution in [-0.4, -0.2) is 11.1 Å². The second-order valence-corrected chi connectivity index (χ2v) is 2.27. The second-order valence-electron chi connectivity index (χ2n) is 2.27. The summed E-state index contributed by atoms with van der Waals surface area (Å²) in [6.07, 6.45) is 4.26. The first-order valence-electron chi connectivity index (χ1n) is 3.04. The SMILES string of the molecule is N[C]1C=C(C(=O)O)[C]=C(N)C1. The molecule has 0 aromatic heterocycles. The Labute approximate surface area is 64.2 Å². The van der Waals surface area contributed by atoms with E-state index >= 15 is 0 Å². The third-order valence-corrected chi connectivity index (χ3v) is 1.25. The van der Waals surface area contributed by atoms with Crippen molar-refractivity contribution >= 4 is 5.97 Å². The third-order valence-electron chi connectivity index (χ3n) is 1.25. The summed E-state index contributed by atoms with van der Waals surface area (Å²) in [5.41, 5.74) is 11.1. The van der Waals surface area contributed by atoms with Gasteiger partial charge in [0.15, 0.2) is 0 Å². The van der Waals surface area contributed by atoms with Crippen LogP contribution in [0.2, 0.25) is 0 Å². The van der Waals surface area contributed by atoms with Crippen molar-refractivity contribution in [2.45, 2.75) is 6.42 Å². The molecule has 0 aromatic rings. The Morgan fingerprint density at radius 3 is 2.73 bits per heavy atom. The summed E-state index contributed by atoms with van der Waals surface area (Å²) in [7, 11) is 0. The monoisotopic (exact) mass is 152 g/mol. The molecular weight excluding hydrogens is 144 g/mol. The van der Waals surface area contributed by atoms with Crippen molar-refractivity contribution < 1.29 is 9.90 Å². The number of carbonyl (C=O) groups is 1. The molecule has 0 saturated carbocycles. The Balaban J connectivity index is 2.87. The van der Waals surface area contributed by atoms with Crippen LogP contribution < -0.4 is 11.5 Å². The molecule has 0 aliphatic heterocycles. The molecule has 0 spiro atoms. The van der Waals surface area contributed by atoms with Crippen molar-refractivity contribution in [2.24, 2.45) is 11.5 Å². The van der Waals surface area contributed by atoms with Crippen LogP contribution in [0.5, 0.6) is 0 Å². The lowest BCUT2D eigenvalue weighted by atomic mass is 10.0. The van der Waals surface area contributed by atoms with Crippen LogP contribution in [-0.2, 0) is 4.79 Å². The minimum absolute atomic E-state index is 0.0197. The van der Waals surface area contributed by atoms with Crippen LogP contribution in [0.1, 0.15) is 6.42 Å². The maximum atomic E-state index is 10.4. The normalized spacial score (nSPS) is 19.0. The molecule has 4 heteroatoms. The summed E-state index contributed by atoms with van der Waals surface area (Å²) in [4.78, 5) is 10.4. The zero-order chi connectivity index (χ0) is 8.43. The van der Waals surface area contributed by atoms with Crippen molar-refractivity contribution in [3.63, 3.8) is 0 Å². The van der Waals surface area contributed by atoms with Crippen molar-refractivity contribution in [3.8, 4) is 0 Å². The highest BCUT2D eigenvalue weighted by Crippen LogP contribution is 2.16. The molecule has 0 saturated heterocycles. The second kappa shape index (κ2) is 2.75. The smallest absolute Gasteiger partial charge is 0.336 e. The molecule has 1 rings (SSSR count). The molecule has 0 unspecified atom stereocenters. The fourth-order valence-electron chi connectivity index (χ4n) is 0.825. The summed E-state index contributed by atoms with van der Waals surface area (Å²) in [5, 5.41) is 8.51. The number of hydrogen-bond acceptors (Lipinski definition) is 3. The first-order valence-corrected chi connectivity index (χ1v) is 3.04. The summed E-state index contributed by atoms with van der Waals surface area (Å²) in [6, 6.07) is 0.457. The zero-order valence-electron chi connectivity index (χ0n) is 5.79. The van der Waals surface area contributed by atoms with Gasteiger partial charge in [-0.1, -0.05) is 0 Å². The molecule has 0 fully saturated rings.